The van der Waals surface area contributed by atoms with Crippen molar-refractivity contribution < 1.29 is 14.0 Å². The summed E-state index contributed by atoms with van der Waals surface area (Å²) < 4.78 is 14.1. The molecule has 2 unspecified atom stereocenters. The first-order valence-corrected chi connectivity index (χ1v) is 12.0. The summed E-state index contributed by atoms with van der Waals surface area (Å²) >= 11 is 1.28. The Bertz CT molecular complexity index is 1060. The number of halogens is 1. The molecule has 0 bridgehead atoms. The van der Waals surface area contributed by atoms with E-state index in [1.54, 1.807) is 21.9 Å². The average Bonchev–Trinajstić information content (AvgIpc) is 3.33. The Balaban J connectivity index is 1.24. The molecule has 2 saturated heterocycles. The molecule has 2 aromatic carbocycles. The summed E-state index contributed by atoms with van der Waals surface area (Å²) in [5.74, 6) is -0.401. The number of fused-ring (bicyclic) bond motifs is 1. The van der Waals surface area contributed by atoms with Gasteiger partial charge >= 0.3 is 0 Å². The molecule has 2 fully saturated rings. The Hall–Kier alpha value is -2.95. The molecule has 0 radical (unpaired) electrons. The van der Waals surface area contributed by atoms with Crippen LogP contribution in [0.1, 0.15) is 0 Å². The smallest absolute Gasteiger partial charge is 0.241 e. The summed E-state index contributed by atoms with van der Waals surface area (Å²) in [5.41, 5.74) is 7.35. The predicted molar refractivity (Wildman–Crippen MR) is 127 cm³/mol. The predicted octanol–water partition coefficient (Wildman–Crippen LogP) is 1.66. The number of hydrogen-bond acceptors (Lipinski definition) is 7. The highest BCUT2D eigenvalue weighted by Crippen LogP contribution is 2.29. The van der Waals surface area contributed by atoms with E-state index in [0.717, 1.165) is 5.69 Å². The number of hydrazine groups is 1. The van der Waals surface area contributed by atoms with Gasteiger partial charge in [-0.1, -0.05) is 42.1 Å². The third-order valence-corrected chi connectivity index (χ3v) is 7.03. The second kappa shape index (κ2) is 9.50. The number of carbonyl (C=O) groups excluding carboxylic acids is 2. The van der Waals surface area contributed by atoms with E-state index in [9.17, 15) is 14.0 Å². The highest BCUT2D eigenvalue weighted by Gasteiger charge is 2.42. The largest absolute Gasteiger partial charge is 0.366 e. The van der Waals surface area contributed by atoms with Gasteiger partial charge < -0.3 is 9.80 Å². The fraction of sp³-hybridized carbons (Fsp3) is 0.348. The molecule has 0 aromatic heterocycles. The molecular formula is C23H25FN6O2S. The van der Waals surface area contributed by atoms with Crippen molar-refractivity contribution in [3.05, 3.63) is 60.4 Å². The molecule has 2 aromatic rings. The number of benzene rings is 2. The van der Waals surface area contributed by atoms with E-state index in [2.05, 4.69) is 10.9 Å². The molecule has 0 saturated carbocycles. The van der Waals surface area contributed by atoms with Gasteiger partial charge in [0.2, 0.25) is 11.8 Å². The minimum atomic E-state index is -0.334. The van der Waals surface area contributed by atoms with Gasteiger partial charge in [0.15, 0.2) is 5.17 Å². The number of hydrogen-bond donors (Lipinski definition) is 2. The Labute approximate surface area is 195 Å². The first-order chi connectivity index (χ1) is 16.1. The van der Waals surface area contributed by atoms with E-state index >= 15 is 0 Å². The molecule has 2 atom stereocenters. The second-order valence-corrected chi connectivity index (χ2v) is 9.05. The van der Waals surface area contributed by atoms with E-state index < -0.39 is 0 Å². The fourth-order valence-electron chi connectivity index (χ4n) is 4.31. The van der Waals surface area contributed by atoms with Crippen molar-refractivity contribution in [1.82, 2.24) is 15.8 Å². The van der Waals surface area contributed by atoms with Crippen molar-refractivity contribution in [3.8, 4) is 0 Å². The molecule has 8 nitrogen and oxygen atoms in total. The van der Waals surface area contributed by atoms with Gasteiger partial charge in [-0.25, -0.2) is 14.8 Å². The number of anilines is 2. The summed E-state index contributed by atoms with van der Waals surface area (Å²) in [6.07, 6.45) is -0.334. The average molecular weight is 469 g/mol. The van der Waals surface area contributed by atoms with Crippen molar-refractivity contribution in [3.63, 3.8) is 0 Å². The van der Waals surface area contributed by atoms with Crippen molar-refractivity contribution in [2.24, 2.45) is 10.9 Å². The van der Waals surface area contributed by atoms with E-state index in [1.165, 1.54) is 17.8 Å². The van der Waals surface area contributed by atoms with Crippen molar-refractivity contribution >= 4 is 40.1 Å². The van der Waals surface area contributed by atoms with Crippen molar-refractivity contribution in [2.45, 2.75) is 6.17 Å². The maximum absolute atomic E-state index is 14.1. The molecule has 10 heteroatoms. The highest BCUT2D eigenvalue weighted by molar-refractivity contribution is 8.14. The monoisotopic (exact) mass is 468 g/mol. The molecule has 33 heavy (non-hydrogen) atoms. The molecule has 0 aliphatic carbocycles. The van der Waals surface area contributed by atoms with Crippen LogP contribution < -0.4 is 20.7 Å². The first-order valence-electron chi connectivity index (χ1n) is 11.0. The third-order valence-electron chi connectivity index (χ3n) is 6.10. The van der Waals surface area contributed by atoms with Crippen LogP contribution in [0.4, 0.5) is 15.8 Å². The van der Waals surface area contributed by atoms with E-state index in [-0.39, 0.29) is 35.5 Å². The zero-order chi connectivity index (χ0) is 22.8. The number of nitrogens with zero attached hydrogens (tertiary/aromatic N) is 4. The summed E-state index contributed by atoms with van der Waals surface area (Å²) in [4.78, 5) is 36.2. The van der Waals surface area contributed by atoms with Gasteiger partial charge in [0.25, 0.3) is 0 Å². The third kappa shape index (κ3) is 4.46. The molecule has 5 rings (SSSR count). The molecule has 2 N–H and O–H groups in total. The minimum Gasteiger partial charge on any atom is -0.366 e. The Morgan fingerprint density at radius 1 is 1.06 bits per heavy atom. The minimum absolute atomic E-state index is 0.0176. The van der Waals surface area contributed by atoms with Crippen LogP contribution in [0, 0.1) is 11.7 Å². The van der Waals surface area contributed by atoms with E-state index in [4.69, 9.17) is 4.99 Å². The van der Waals surface area contributed by atoms with Crippen LogP contribution in [0.2, 0.25) is 0 Å². The second-order valence-electron chi connectivity index (χ2n) is 8.11. The van der Waals surface area contributed by atoms with Crippen LogP contribution in [0.5, 0.6) is 0 Å². The fourth-order valence-corrected chi connectivity index (χ4v) is 5.25. The molecule has 0 spiro atoms. The molecule has 172 valence electrons. The zero-order valence-electron chi connectivity index (χ0n) is 18.0. The maximum atomic E-state index is 14.1. The number of piperazine rings is 1. The lowest BCUT2D eigenvalue weighted by molar-refractivity contribution is -0.128. The summed E-state index contributed by atoms with van der Waals surface area (Å²) in [5, 5.41) is 0.516. The van der Waals surface area contributed by atoms with Gasteiger partial charge in [0.1, 0.15) is 12.0 Å². The van der Waals surface area contributed by atoms with E-state index in [1.807, 2.05) is 41.3 Å². The number of nitrogens with one attached hydrogen (secondary N) is 2. The van der Waals surface area contributed by atoms with Gasteiger partial charge in [-0.15, -0.1) is 0 Å². The number of thioether (sulfide) groups is 1. The topological polar surface area (TPSA) is 80.3 Å². The lowest BCUT2D eigenvalue weighted by Gasteiger charge is -2.36. The van der Waals surface area contributed by atoms with Crippen LogP contribution >= 0.6 is 11.8 Å². The van der Waals surface area contributed by atoms with Crippen LogP contribution in [0.3, 0.4) is 0 Å². The van der Waals surface area contributed by atoms with Crippen molar-refractivity contribution in [2.75, 3.05) is 48.3 Å². The van der Waals surface area contributed by atoms with Crippen LogP contribution in [0.15, 0.2) is 59.6 Å². The van der Waals surface area contributed by atoms with Crippen LogP contribution in [-0.2, 0) is 9.59 Å². The SMILES string of the molecule is O=C(CSC1=NC2NNCC2C(=O)N1c1ccccc1)N1CCN(c2ccccc2F)CC1. The number of carbonyl (C=O) groups is 2. The quantitative estimate of drug-likeness (QED) is 0.711. The van der Waals surface area contributed by atoms with Crippen molar-refractivity contribution in [1.29, 1.82) is 0 Å². The number of rotatable bonds is 4. The summed E-state index contributed by atoms with van der Waals surface area (Å²) in [7, 11) is 0. The lowest BCUT2D eigenvalue weighted by atomic mass is 10.1. The lowest BCUT2D eigenvalue weighted by Crippen LogP contribution is -2.51. The van der Waals surface area contributed by atoms with Gasteiger partial charge in [-0.2, -0.15) is 0 Å². The molecule has 3 aliphatic rings. The molecular weight excluding hydrogens is 443 g/mol. The first kappa shape index (κ1) is 21.9. The van der Waals surface area contributed by atoms with Gasteiger partial charge in [-0.05, 0) is 24.3 Å². The standard InChI is InChI=1S/C23H25FN6O2S/c24-18-8-4-5-9-19(18)28-10-12-29(13-11-28)20(31)15-33-23-26-21-17(14-25-27-21)22(32)30(23)16-6-2-1-3-7-16/h1-9,17,21,25,27H,10-15H2. The molecule has 3 aliphatic heterocycles. The Kier molecular flexibility index (Phi) is 6.30. The summed E-state index contributed by atoms with van der Waals surface area (Å²) in [6, 6.07) is 16.1. The Morgan fingerprint density at radius 3 is 2.55 bits per heavy atom. The van der Waals surface area contributed by atoms with Gasteiger partial charge in [-0.3, -0.25) is 19.9 Å². The molecule has 3 heterocycles. The van der Waals surface area contributed by atoms with Crippen LogP contribution in [0.25, 0.3) is 0 Å². The number of para-hydroxylation sites is 2. The number of aliphatic imine (C=N–C) groups is 1. The van der Waals surface area contributed by atoms with E-state index in [0.29, 0.717) is 43.6 Å². The zero-order valence-corrected chi connectivity index (χ0v) is 18.8. The highest BCUT2D eigenvalue weighted by atomic mass is 32.2. The normalized spacial score (nSPS) is 22.9. The number of amidine groups is 1. The van der Waals surface area contributed by atoms with Gasteiger partial charge in [0, 0.05) is 32.7 Å². The van der Waals surface area contributed by atoms with Gasteiger partial charge in [0.05, 0.1) is 23.0 Å². The molecule has 2 amide bonds. The summed E-state index contributed by atoms with van der Waals surface area (Å²) in [6.45, 7) is 2.72. The Morgan fingerprint density at radius 2 is 1.79 bits per heavy atom. The maximum Gasteiger partial charge on any atom is 0.241 e. The van der Waals surface area contributed by atoms with Crippen LogP contribution in [-0.4, -0.2) is 66.5 Å². The number of amides is 2.